The summed E-state index contributed by atoms with van der Waals surface area (Å²) in [6, 6.07) is 0. The first-order valence-corrected chi connectivity index (χ1v) is 8.69. The molecular weight excluding hydrogens is 288 g/mol. The van der Waals surface area contributed by atoms with Crippen molar-refractivity contribution in [1.82, 2.24) is 15.2 Å². The van der Waals surface area contributed by atoms with Crippen molar-refractivity contribution >= 4 is 29.1 Å². The van der Waals surface area contributed by atoms with E-state index in [-0.39, 0.29) is 0 Å². The van der Waals surface area contributed by atoms with Gasteiger partial charge in [-0.25, -0.2) is 4.98 Å². The lowest BCUT2D eigenvalue weighted by molar-refractivity contribution is 0.470. The SMILES string of the molecule is C=CCCCN(C)C(=NC)NCCCSc1nccs1. The molecule has 0 spiro atoms. The average molecular weight is 313 g/mol. The van der Waals surface area contributed by atoms with Crippen LogP contribution in [0.25, 0.3) is 0 Å². The first-order chi connectivity index (χ1) is 9.77. The number of unbranched alkanes of at least 4 members (excludes halogenated alkanes) is 1. The summed E-state index contributed by atoms with van der Waals surface area (Å²) in [5.41, 5.74) is 0. The summed E-state index contributed by atoms with van der Waals surface area (Å²) in [4.78, 5) is 10.7. The summed E-state index contributed by atoms with van der Waals surface area (Å²) in [5.74, 6) is 2.05. The van der Waals surface area contributed by atoms with Crippen molar-refractivity contribution in [2.75, 3.05) is 32.9 Å². The van der Waals surface area contributed by atoms with Gasteiger partial charge in [-0.15, -0.1) is 17.9 Å². The van der Waals surface area contributed by atoms with Crippen LogP contribution in [0.5, 0.6) is 0 Å². The number of hydrogen-bond acceptors (Lipinski definition) is 4. The van der Waals surface area contributed by atoms with Crippen LogP contribution >= 0.6 is 23.1 Å². The van der Waals surface area contributed by atoms with E-state index in [9.17, 15) is 0 Å². The van der Waals surface area contributed by atoms with Crippen LogP contribution in [0.2, 0.25) is 0 Å². The predicted octanol–water partition coefficient (Wildman–Crippen LogP) is 3.10. The lowest BCUT2D eigenvalue weighted by atomic mass is 10.3. The highest BCUT2D eigenvalue weighted by Crippen LogP contribution is 2.20. The molecule has 1 rings (SSSR count). The van der Waals surface area contributed by atoms with E-state index < -0.39 is 0 Å². The van der Waals surface area contributed by atoms with E-state index in [0.717, 1.165) is 48.4 Å². The Bertz CT molecular complexity index is 390. The zero-order valence-electron chi connectivity index (χ0n) is 12.3. The van der Waals surface area contributed by atoms with E-state index in [1.807, 2.05) is 36.5 Å². The molecule has 1 N–H and O–H groups in total. The first kappa shape index (κ1) is 17.0. The second-order valence-corrected chi connectivity index (χ2v) is 6.56. The van der Waals surface area contributed by atoms with Gasteiger partial charge in [-0.05, 0) is 19.3 Å². The Hall–Kier alpha value is -1.01. The highest BCUT2D eigenvalue weighted by Gasteiger charge is 2.04. The number of guanidine groups is 1. The van der Waals surface area contributed by atoms with Gasteiger partial charge < -0.3 is 10.2 Å². The Balaban J connectivity index is 2.12. The lowest BCUT2D eigenvalue weighted by Gasteiger charge is -2.21. The highest BCUT2D eigenvalue weighted by atomic mass is 32.2. The summed E-state index contributed by atoms with van der Waals surface area (Å²) < 4.78 is 1.15. The minimum absolute atomic E-state index is 0.941. The number of rotatable bonds is 9. The van der Waals surface area contributed by atoms with Crippen LogP contribution in [0.3, 0.4) is 0 Å². The number of nitrogens with zero attached hydrogens (tertiary/aromatic N) is 3. The standard InChI is InChI=1S/C14H24N4S2/c1-4-5-6-10-18(3)13(15-2)16-8-7-11-19-14-17-9-12-20-14/h4,9,12H,1,5-8,10-11H2,2-3H3,(H,15,16). The maximum absolute atomic E-state index is 4.30. The van der Waals surface area contributed by atoms with Crippen molar-refractivity contribution in [1.29, 1.82) is 0 Å². The molecule has 1 heterocycles. The minimum Gasteiger partial charge on any atom is -0.356 e. The van der Waals surface area contributed by atoms with Crippen LogP contribution in [0.15, 0.2) is 33.6 Å². The topological polar surface area (TPSA) is 40.5 Å². The molecule has 0 amide bonds. The van der Waals surface area contributed by atoms with Crippen LogP contribution in [-0.4, -0.2) is 48.8 Å². The van der Waals surface area contributed by atoms with Gasteiger partial charge in [0.05, 0.1) is 0 Å². The maximum Gasteiger partial charge on any atom is 0.193 e. The third-order valence-corrected chi connectivity index (χ3v) is 4.77. The number of thiazole rings is 1. The van der Waals surface area contributed by atoms with E-state index in [2.05, 4.69) is 33.8 Å². The number of hydrogen-bond donors (Lipinski definition) is 1. The first-order valence-electron chi connectivity index (χ1n) is 6.83. The quantitative estimate of drug-likeness (QED) is 0.250. The lowest BCUT2D eigenvalue weighted by Crippen LogP contribution is -2.39. The number of aliphatic imine (C=N–C) groups is 1. The van der Waals surface area contributed by atoms with Crippen molar-refractivity contribution < 1.29 is 0 Å². The second kappa shape index (κ2) is 10.7. The van der Waals surface area contributed by atoms with Gasteiger partial charge in [-0.2, -0.15) is 0 Å². The molecule has 6 heteroatoms. The number of aromatic nitrogens is 1. The average Bonchev–Trinajstić information content (AvgIpc) is 2.96. The van der Waals surface area contributed by atoms with Gasteiger partial charge in [0.1, 0.15) is 4.34 Å². The predicted molar refractivity (Wildman–Crippen MR) is 90.9 cm³/mol. The number of thioether (sulfide) groups is 1. The second-order valence-electron chi connectivity index (χ2n) is 4.33. The smallest absolute Gasteiger partial charge is 0.193 e. The Kier molecular flexibility index (Phi) is 9.15. The molecule has 1 aromatic heterocycles. The third-order valence-electron chi connectivity index (χ3n) is 2.71. The van der Waals surface area contributed by atoms with Crippen LogP contribution in [0.4, 0.5) is 0 Å². The zero-order valence-corrected chi connectivity index (χ0v) is 14.0. The molecule has 0 aromatic carbocycles. The maximum atomic E-state index is 4.30. The Morgan fingerprint density at radius 2 is 2.45 bits per heavy atom. The molecule has 112 valence electrons. The van der Waals surface area contributed by atoms with Crippen molar-refractivity contribution in [3.63, 3.8) is 0 Å². The molecule has 0 saturated heterocycles. The van der Waals surface area contributed by atoms with Gasteiger partial charge in [0.15, 0.2) is 5.96 Å². The Morgan fingerprint density at radius 1 is 1.60 bits per heavy atom. The molecule has 0 aliphatic carbocycles. The fourth-order valence-corrected chi connectivity index (χ4v) is 3.32. The van der Waals surface area contributed by atoms with Crippen molar-refractivity contribution in [3.8, 4) is 0 Å². The molecule has 0 fully saturated rings. The monoisotopic (exact) mass is 312 g/mol. The van der Waals surface area contributed by atoms with Gasteiger partial charge in [-0.3, -0.25) is 4.99 Å². The molecule has 0 unspecified atom stereocenters. The van der Waals surface area contributed by atoms with Gasteiger partial charge in [0.25, 0.3) is 0 Å². The van der Waals surface area contributed by atoms with Gasteiger partial charge in [0, 0.05) is 44.5 Å². The van der Waals surface area contributed by atoms with E-state index in [1.54, 1.807) is 11.3 Å². The van der Waals surface area contributed by atoms with Crippen molar-refractivity contribution in [2.45, 2.75) is 23.6 Å². The fraction of sp³-hybridized carbons (Fsp3) is 0.571. The molecule has 0 aliphatic heterocycles. The minimum atomic E-state index is 0.941. The van der Waals surface area contributed by atoms with Crippen LogP contribution in [0.1, 0.15) is 19.3 Å². The summed E-state index contributed by atoms with van der Waals surface area (Å²) in [6.45, 7) is 5.68. The zero-order chi connectivity index (χ0) is 14.6. The molecule has 0 saturated carbocycles. The number of nitrogens with one attached hydrogen (secondary N) is 1. The van der Waals surface area contributed by atoms with Gasteiger partial charge in [0.2, 0.25) is 0 Å². The van der Waals surface area contributed by atoms with Crippen LogP contribution in [-0.2, 0) is 0 Å². The Labute approximate surface area is 130 Å². The van der Waals surface area contributed by atoms with Crippen molar-refractivity contribution in [3.05, 3.63) is 24.2 Å². The molecule has 0 aliphatic rings. The Morgan fingerprint density at radius 3 is 3.10 bits per heavy atom. The van der Waals surface area contributed by atoms with E-state index >= 15 is 0 Å². The normalized spacial score (nSPS) is 11.4. The molecule has 0 bridgehead atoms. The molecule has 0 radical (unpaired) electrons. The molecule has 1 aromatic rings. The molecule has 0 atom stereocenters. The van der Waals surface area contributed by atoms with E-state index in [4.69, 9.17) is 0 Å². The van der Waals surface area contributed by atoms with Crippen LogP contribution in [0, 0.1) is 0 Å². The van der Waals surface area contributed by atoms with E-state index in [1.165, 1.54) is 0 Å². The van der Waals surface area contributed by atoms with E-state index in [0.29, 0.717) is 0 Å². The fourth-order valence-electron chi connectivity index (χ4n) is 1.68. The summed E-state index contributed by atoms with van der Waals surface area (Å²) in [6.07, 6.45) is 7.07. The molecule has 20 heavy (non-hydrogen) atoms. The third kappa shape index (κ3) is 6.96. The summed E-state index contributed by atoms with van der Waals surface area (Å²) >= 11 is 3.51. The molecular formula is C14H24N4S2. The largest absolute Gasteiger partial charge is 0.356 e. The summed E-state index contributed by atoms with van der Waals surface area (Å²) in [5, 5.41) is 5.41. The molecule has 4 nitrogen and oxygen atoms in total. The highest BCUT2D eigenvalue weighted by molar-refractivity contribution is 8.00. The van der Waals surface area contributed by atoms with Crippen LogP contribution < -0.4 is 5.32 Å². The van der Waals surface area contributed by atoms with Gasteiger partial charge >= 0.3 is 0 Å². The van der Waals surface area contributed by atoms with Crippen molar-refractivity contribution in [2.24, 2.45) is 4.99 Å². The summed E-state index contributed by atoms with van der Waals surface area (Å²) in [7, 11) is 3.90. The van der Waals surface area contributed by atoms with Gasteiger partial charge in [-0.1, -0.05) is 17.8 Å². The number of allylic oxidation sites excluding steroid dienone is 1.